The molecule has 0 heterocycles. The Labute approximate surface area is 103 Å². The highest BCUT2D eigenvalue weighted by Crippen LogP contribution is 2.21. The second kappa shape index (κ2) is 5.49. The number of hydrogen-bond donors (Lipinski definition) is 0. The number of nitrogens with zero attached hydrogens (tertiary/aromatic N) is 2. The summed E-state index contributed by atoms with van der Waals surface area (Å²) in [6.07, 6.45) is 0. The standard InChI is InChI=1S/C14H18N2O/c1-10(2)12-5-7-13(8-6-12)14(9-15)16(4)11(3)17/h5-8,10,14H,1-4H3. The van der Waals surface area contributed by atoms with Crippen LogP contribution in [0.1, 0.15) is 43.9 Å². The van der Waals surface area contributed by atoms with E-state index in [0.29, 0.717) is 5.92 Å². The Morgan fingerprint density at radius 2 is 1.71 bits per heavy atom. The monoisotopic (exact) mass is 230 g/mol. The SMILES string of the molecule is CC(=O)N(C)C(C#N)c1ccc(C(C)C)cc1. The molecule has 1 aromatic rings. The molecule has 0 aromatic heterocycles. The fraction of sp³-hybridized carbons (Fsp3) is 0.429. The highest BCUT2D eigenvalue weighted by Gasteiger charge is 2.18. The Morgan fingerprint density at radius 3 is 2.06 bits per heavy atom. The molecule has 3 heteroatoms. The van der Waals surface area contributed by atoms with Crippen molar-refractivity contribution in [3.8, 4) is 6.07 Å². The van der Waals surface area contributed by atoms with Crippen molar-refractivity contribution in [2.75, 3.05) is 7.05 Å². The molecule has 90 valence electrons. The van der Waals surface area contributed by atoms with Gasteiger partial charge in [-0.3, -0.25) is 4.79 Å². The fourth-order valence-corrected chi connectivity index (χ4v) is 1.63. The van der Waals surface area contributed by atoms with Crippen molar-refractivity contribution in [3.63, 3.8) is 0 Å². The minimum Gasteiger partial charge on any atom is -0.326 e. The van der Waals surface area contributed by atoms with Crippen LogP contribution in [0.2, 0.25) is 0 Å². The second-order valence-corrected chi connectivity index (χ2v) is 4.48. The van der Waals surface area contributed by atoms with Crippen molar-refractivity contribution in [1.29, 1.82) is 5.26 Å². The number of hydrogen-bond acceptors (Lipinski definition) is 2. The van der Waals surface area contributed by atoms with E-state index in [1.54, 1.807) is 7.05 Å². The Bertz CT molecular complexity index is 429. The molecule has 1 unspecified atom stereocenters. The molecule has 0 fully saturated rings. The van der Waals surface area contributed by atoms with Crippen LogP contribution in [0.25, 0.3) is 0 Å². The molecule has 0 bridgehead atoms. The normalized spacial score (nSPS) is 12.0. The van der Waals surface area contributed by atoms with E-state index >= 15 is 0 Å². The summed E-state index contributed by atoms with van der Waals surface area (Å²) in [5, 5.41) is 9.13. The minimum atomic E-state index is -0.506. The van der Waals surface area contributed by atoms with Gasteiger partial charge in [0.15, 0.2) is 0 Å². The van der Waals surface area contributed by atoms with Gasteiger partial charge in [0.2, 0.25) is 5.91 Å². The van der Waals surface area contributed by atoms with E-state index in [1.807, 2.05) is 24.3 Å². The molecule has 0 aliphatic heterocycles. The van der Waals surface area contributed by atoms with Gasteiger partial charge in [-0.05, 0) is 17.0 Å². The molecule has 0 aliphatic carbocycles. The lowest BCUT2D eigenvalue weighted by Gasteiger charge is -2.21. The van der Waals surface area contributed by atoms with E-state index in [-0.39, 0.29) is 5.91 Å². The Hall–Kier alpha value is -1.82. The maximum atomic E-state index is 11.3. The fourth-order valence-electron chi connectivity index (χ4n) is 1.63. The van der Waals surface area contributed by atoms with Crippen LogP contribution in [0.5, 0.6) is 0 Å². The predicted molar refractivity (Wildman–Crippen MR) is 67.3 cm³/mol. The highest BCUT2D eigenvalue weighted by atomic mass is 16.2. The zero-order valence-corrected chi connectivity index (χ0v) is 10.8. The van der Waals surface area contributed by atoms with Gasteiger partial charge in [0, 0.05) is 14.0 Å². The van der Waals surface area contributed by atoms with Crippen molar-refractivity contribution < 1.29 is 4.79 Å². The molecule has 0 saturated heterocycles. The lowest BCUT2D eigenvalue weighted by molar-refractivity contribution is -0.128. The molecule has 0 N–H and O–H groups in total. The van der Waals surface area contributed by atoms with Crippen LogP contribution in [0.3, 0.4) is 0 Å². The maximum Gasteiger partial charge on any atom is 0.220 e. The van der Waals surface area contributed by atoms with Crippen LogP contribution in [-0.4, -0.2) is 17.9 Å². The van der Waals surface area contributed by atoms with E-state index in [1.165, 1.54) is 17.4 Å². The first kappa shape index (κ1) is 13.2. The molecule has 0 radical (unpaired) electrons. The van der Waals surface area contributed by atoms with Crippen molar-refractivity contribution in [1.82, 2.24) is 4.90 Å². The van der Waals surface area contributed by atoms with Gasteiger partial charge < -0.3 is 4.90 Å². The van der Waals surface area contributed by atoms with Gasteiger partial charge in [0.05, 0.1) is 6.07 Å². The van der Waals surface area contributed by atoms with Crippen LogP contribution < -0.4 is 0 Å². The number of benzene rings is 1. The second-order valence-electron chi connectivity index (χ2n) is 4.48. The van der Waals surface area contributed by atoms with Gasteiger partial charge >= 0.3 is 0 Å². The molecule has 1 rings (SSSR count). The van der Waals surface area contributed by atoms with Gasteiger partial charge in [-0.25, -0.2) is 0 Å². The number of amides is 1. The topological polar surface area (TPSA) is 44.1 Å². The van der Waals surface area contributed by atoms with Crippen LogP contribution in [0.4, 0.5) is 0 Å². The zero-order valence-electron chi connectivity index (χ0n) is 10.8. The van der Waals surface area contributed by atoms with Crippen LogP contribution in [0.15, 0.2) is 24.3 Å². The molecular weight excluding hydrogens is 212 g/mol. The first-order valence-corrected chi connectivity index (χ1v) is 5.70. The highest BCUT2D eigenvalue weighted by molar-refractivity contribution is 5.73. The molecule has 1 aromatic carbocycles. The molecule has 3 nitrogen and oxygen atoms in total. The average Bonchev–Trinajstić information content (AvgIpc) is 2.30. The van der Waals surface area contributed by atoms with Gasteiger partial charge in [-0.15, -0.1) is 0 Å². The molecule has 1 atom stereocenters. The summed E-state index contributed by atoms with van der Waals surface area (Å²) in [5.41, 5.74) is 2.09. The maximum absolute atomic E-state index is 11.3. The quantitative estimate of drug-likeness (QED) is 0.801. The number of nitriles is 1. The predicted octanol–water partition coefficient (Wildman–Crippen LogP) is 2.85. The van der Waals surface area contributed by atoms with Crippen LogP contribution in [-0.2, 0) is 4.79 Å². The van der Waals surface area contributed by atoms with Crippen molar-refractivity contribution >= 4 is 5.91 Å². The molecule has 0 aliphatic rings. The average molecular weight is 230 g/mol. The molecule has 0 saturated carbocycles. The summed E-state index contributed by atoms with van der Waals surface area (Å²) in [7, 11) is 1.65. The van der Waals surface area contributed by atoms with Gasteiger partial charge in [-0.2, -0.15) is 5.26 Å². The Kier molecular flexibility index (Phi) is 4.28. The van der Waals surface area contributed by atoms with E-state index in [0.717, 1.165) is 5.56 Å². The zero-order chi connectivity index (χ0) is 13.0. The molecule has 1 amide bonds. The summed E-state index contributed by atoms with van der Waals surface area (Å²) in [4.78, 5) is 12.7. The van der Waals surface area contributed by atoms with Crippen LogP contribution in [0, 0.1) is 11.3 Å². The minimum absolute atomic E-state index is 0.107. The Balaban J connectivity index is 2.99. The molecule has 17 heavy (non-hydrogen) atoms. The van der Waals surface area contributed by atoms with Gasteiger partial charge in [0.25, 0.3) is 0 Å². The smallest absolute Gasteiger partial charge is 0.220 e. The van der Waals surface area contributed by atoms with E-state index in [9.17, 15) is 4.79 Å². The lowest BCUT2D eigenvalue weighted by Crippen LogP contribution is -2.28. The first-order valence-electron chi connectivity index (χ1n) is 5.70. The number of carbonyl (C=O) groups excluding carboxylic acids is 1. The van der Waals surface area contributed by atoms with Gasteiger partial charge in [-0.1, -0.05) is 38.1 Å². The molecule has 0 spiro atoms. The molecular formula is C14H18N2O. The van der Waals surface area contributed by atoms with E-state index in [4.69, 9.17) is 5.26 Å². The largest absolute Gasteiger partial charge is 0.326 e. The Morgan fingerprint density at radius 1 is 1.24 bits per heavy atom. The summed E-state index contributed by atoms with van der Waals surface area (Å²) < 4.78 is 0. The third-order valence-corrected chi connectivity index (χ3v) is 2.93. The first-order chi connectivity index (χ1) is 7.97. The lowest BCUT2D eigenvalue weighted by atomic mass is 9.99. The summed E-state index contributed by atoms with van der Waals surface area (Å²) in [6, 6.07) is 9.51. The third kappa shape index (κ3) is 3.07. The number of carbonyl (C=O) groups is 1. The van der Waals surface area contributed by atoms with Crippen LogP contribution >= 0.6 is 0 Å². The summed E-state index contributed by atoms with van der Waals surface area (Å²) in [6.45, 7) is 5.71. The third-order valence-electron chi connectivity index (χ3n) is 2.93. The van der Waals surface area contributed by atoms with E-state index < -0.39 is 6.04 Å². The van der Waals surface area contributed by atoms with Crippen molar-refractivity contribution in [2.45, 2.75) is 32.7 Å². The summed E-state index contributed by atoms with van der Waals surface area (Å²) >= 11 is 0. The van der Waals surface area contributed by atoms with Crippen molar-refractivity contribution in [3.05, 3.63) is 35.4 Å². The van der Waals surface area contributed by atoms with Crippen molar-refractivity contribution in [2.24, 2.45) is 0 Å². The van der Waals surface area contributed by atoms with E-state index in [2.05, 4.69) is 19.9 Å². The summed E-state index contributed by atoms with van der Waals surface area (Å²) in [5.74, 6) is 0.361. The van der Waals surface area contributed by atoms with Gasteiger partial charge in [0.1, 0.15) is 6.04 Å². The number of rotatable bonds is 3.